The summed E-state index contributed by atoms with van der Waals surface area (Å²) in [4.78, 5) is 14.6. The Morgan fingerprint density at radius 2 is 1.67 bits per heavy atom. The summed E-state index contributed by atoms with van der Waals surface area (Å²) in [5.74, 6) is -0.327. The highest BCUT2D eigenvalue weighted by Gasteiger charge is 2.25. The number of aryl methyl sites for hydroxylation is 2. The van der Waals surface area contributed by atoms with Crippen LogP contribution in [0.5, 0.6) is 5.75 Å². The third-order valence-corrected chi connectivity index (χ3v) is 6.29. The van der Waals surface area contributed by atoms with Crippen molar-refractivity contribution >= 4 is 15.9 Å². The molecule has 2 N–H and O–H groups in total. The van der Waals surface area contributed by atoms with Crippen LogP contribution in [-0.2, 0) is 16.4 Å². The lowest BCUT2D eigenvalue weighted by molar-refractivity contribution is -0.0761. The van der Waals surface area contributed by atoms with Gasteiger partial charge in [-0.15, -0.1) is 5.17 Å². The molecule has 0 saturated heterocycles. The molecule has 0 saturated carbocycles. The predicted molar refractivity (Wildman–Crippen MR) is 126 cm³/mol. The lowest BCUT2D eigenvalue weighted by Crippen LogP contribution is -2.44. The van der Waals surface area contributed by atoms with Gasteiger partial charge in [0.2, 0.25) is 0 Å². The lowest BCUT2D eigenvalue weighted by atomic mass is 10.0. The van der Waals surface area contributed by atoms with Crippen LogP contribution in [-0.4, -0.2) is 31.3 Å². The number of hydroxylamine groups is 1. The Morgan fingerprint density at radius 3 is 2.30 bits per heavy atom. The molecule has 0 radical (unpaired) electrons. The maximum absolute atomic E-state index is 13.1. The van der Waals surface area contributed by atoms with Gasteiger partial charge in [0.25, 0.3) is 15.9 Å². The molecule has 0 heterocycles. The first kappa shape index (κ1) is 24.4. The van der Waals surface area contributed by atoms with Crippen molar-refractivity contribution in [1.82, 2.24) is 10.0 Å². The van der Waals surface area contributed by atoms with Crippen LogP contribution in [0, 0.1) is 13.8 Å². The summed E-state index contributed by atoms with van der Waals surface area (Å²) in [5, 5.41) is 10.3. The van der Waals surface area contributed by atoms with Crippen LogP contribution in [0.1, 0.15) is 46.0 Å². The third-order valence-electron chi connectivity index (χ3n) is 4.90. The summed E-state index contributed by atoms with van der Waals surface area (Å²) in [5.41, 5.74) is 3.21. The fraction of sp³-hybridized carbons (Fsp3) is 0.240. The Morgan fingerprint density at radius 1 is 1.00 bits per heavy atom. The SMILES string of the molecule is CCCOc1ccc(S(=O)(=O)NN(O)C(=O)c2cc(C)cc(C)c2)c(Cc2ccccc2)c1. The van der Waals surface area contributed by atoms with E-state index in [1.807, 2.05) is 62.0 Å². The van der Waals surface area contributed by atoms with E-state index in [9.17, 15) is 18.4 Å². The van der Waals surface area contributed by atoms with Gasteiger partial charge in [0.15, 0.2) is 0 Å². The Balaban J connectivity index is 1.91. The Kier molecular flexibility index (Phi) is 7.86. The zero-order chi connectivity index (χ0) is 24.0. The van der Waals surface area contributed by atoms with E-state index >= 15 is 0 Å². The second-order valence-corrected chi connectivity index (χ2v) is 9.50. The van der Waals surface area contributed by atoms with E-state index in [0.717, 1.165) is 23.1 Å². The number of hydrogen-bond donors (Lipinski definition) is 2. The van der Waals surface area contributed by atoms with Crippen molar-refractivity contribution in [2.75, 3.05) is 6.61 Å². The summed E-state index contributed by atoms with van der Waals surface area (Å²) in [7, 11) is -4.27. The van der Waals surface area contributed by atoms with Gasteiger partial charge in [-0.25, -0.2) is 8.42 Å². The molecule has 3 rings (SSSR count). The fourth-order valence-corrected chi connectivity index (χ4v) is 4.64. The van der Waals surface area contributed by atoms with Gasteiger partial charge in [-0.1, -0.05) is 59.3 Å². The molecular formula is C25H28N2O5S. The summed E-state index contributed by atoms with van der Waals surface area (Å²) >= 11 is 0. The van der Waals surface area contributed by atoms with Gasteiger partial charge in [-0.05, 0) is 68.1 Å². The largest absolute Gasteiger partial charge is 0.494 e. The topological polar surface area (TPSA) is 95.9 Å². The van der Waals surface area contributed by atoms with E-state index in [4.69, 9.17) is 4.74 Å². The molecule has 0 atom stereocenters. The van der Waals surface area contributed by atoms with Crippen molar-refractivity contribution in [3.05, 3.63) is 94.5 Å². The van der Waals surface area contributed by atoms with Gasteiger partial charge >= 0.3 is 0 Å². The average molecular weight is 469 g/mol. The number of nitrogens with one attached hydrogen (secondary N) is 1. The molecule has 7 nitrogen and oxygen atoms in total. The minimum absolute atomic E-state index is 0.0112. The van der Waals surface area contributed by atoms with Crippen molar-refractivity contribution in [3.8, 4) is 5.75 Å². The predicted octanol–water partition coefficient (Wildman–Crippen LogP) is 4.41. The summed E-state index contributed by atoms with van der Waals surface area (Å²) in [6, 6.07) is 19.1. The van der Waals surface area contributed by atoms with Crippen molar-refractivity contribution < 1.29 is 23.2 Å². The normalized spacial score (nSPS) is 11.3. The number of hydrogen-bond acceptors (Lipinski definition) is 5. The highest BCUT2D eigenvalue weighted by Crippen LogP contribution is 2.25. The quantitative estimate of drug-likeness (QED) is 0.358. The molecule has 0 aliphatic carbocycles. The van der Waals surface area contributed by atoms with Crippen LogP contribution in [0.4, 0.5) is 0 Å². The number of benzene rings is 3. The van der Waals surface area contributed by atoms with Crippen molar-refractivity contribution in [2.45, 2.75) is 38.5 Å². The maximum Gasteiger partial charge on any atom is 0.293 e. The van der Waals surface area contributed by atoms with Gasteiger partial charge in [-0.3, -0.25) is 10.0 Å². The van der Waals surface area contributed by atoms with E-state index in [-0.39, 0.29) is 15.6 Å². The standard InChI is InChI=1S/C25H28N2O5S/c1-4-12-32-23-10-11-24(21(17-23)16-20-8-6-5-7-9-20)33(30,31)26-27(29)25(28)22-14-18(2)13-19(3)15-22/h5-11,13-15,17,26,29H,4,12,16H2,1-3H3. The fourth-order valence-electron chi connectivity index (χ4n) is 3.51. The Hall–Kier alpha value is -3.20. The molecular weight excluding hydrogens is 440 g/mol. The van der Waals surface area contributed by atoms with Crippen LogP contribution in [0.3, 0.4) is 0 Å². The number of amides is 1. The Bertz CT molecular complexity index is 1210. The minimum Gasteiger partial charge on any atom is -0.494 e. The van der Waals surface area contributed by atoms with E-state index in [0.29, 0.717) is 24.3 Å². The number of sulfonamides is 1. The molecule has 8 heteroatoms. The first-order valence-electron chi connectivity index (χ1n) is 10.6. The van der Waals surface area contributed by atoms with Crippen LogP contribution < -0.4 is 9.57 Å². The van der Waals surface area contributed by atoms with Crippen LogP contribution in [0.25, 0.3) is 0 Å². The van der Waals surface area contributed by atoms with Gasteiger partial charge in [0.05, 0.1) is 11.5 Å². The first-order chi connectivity index (χ1) is 15.7. The molecule has 0 aromatic heterocycles. The highest BCUT2D eigenvalue weighted by atomic mass is 32.2. The van der Waals surface area contributed by atoms with Crippen molar-refractivity contribution in [2.24, 2.45) is 0 Å². The third kappa shape index (κ3) is 6.41. The van der Waals surface area contributed by atoms with Crippen LogP contribution in [0.15, 0.2) is 71.6 Å². The zero-order valence-corrected chi connectivity index (χ0v) is 19.7. The number of ether oxygens (including phenoxy) is 1. The average Bonchev–Trinajstić information content (AvgIpc) is 2.77. The van der Waals surface area contributed by atoms with Crippen molar-refractivity contribution in [3.63, 3.8) is 0 Å². The second kappa shape index (κ2) is 10.6. The molecule has 0 unspecified atom stereocenters. The molecule has 3 aromatic rings. The van der Waals surface area contributed by atoms with E-state index in [1.165, 1.54) is 6.07 Å². The maximum atomic E-state index is 13.1. The number of hydrazine groups is 1. The molecule has 1 amide bonds. The molecule has 0 spiro atoms. The van der Waals surface area contributed by atoms with Gasteiger partial charge in [-0.2, -0.15) is 0 Å². The molecule has 174 valence electrons. The van der Waals surface area contributed by atoms with Gasteiger partial charge in [0.1, 0.15) is 5.75 Å². The molecule has 0 fully saturated rings. The van der Waals surface area contributed by atoms with Crippen molar-refractivity contribution in [1.29, 1.82) is 0 Å². The van der Waals surface area contributed by atoms with E-state index < -0.39 is 15.9 Å². The molecule has 0 aliphatic rings. The summed E-state index contributed by atoms with van der Waals surface area (Å²) in [6.45, 7) is 6.11. The zero-order valence-electron chi connectivity index (χ0n) is 18.9. The molecule has 3 aromatic carbocycles. The summed E-state index contributed by atoms with van der Waals surface area (Å²) < 4.78 is 32.0. The summed E-state index contributed by atoms with van der Waals surface area (Å²) in [6.07, 6.45) is 1.15. The first-order valence-corrected chi connectivity index (χ1v) is 12.1. The number of carbonyl (C=O) groups excluding carboxylic acids is 1. The smallest absolute Gasteiger partial charge is 0.293 e. The van der Waals surface area contributed by atoms with E-state index in [1.54, 1.807) is 24.3 Å². The molecule has 33 heavy (non-hydrogen) atoms. The van der Waals surface area contributed by atoms with E-state index in [2.05, 4.69) is 0 Å². The number of carbonyl (C=O) groups is 1. The minimum atomic E-state index is -4.27. The number of nitrogens with zero attached hydrogens (tertiary/aromatic N) is 1. The monoisotopic (exact) mass is 468 g/mol. The van der Waals surface area contributed by atoms with Gasteiger partial charge < -0.3 is 4.74 Å². The van der Waals surface area contributed by atoms with Crippen LogP contribution >= 0.6 is 0 Å². The lowest BCUT2D eigenvalue weighted by Gasteiger charge is -2.19. The second-order valence-electron chi connectivity index (χ2n) is 7.87. The number of rotatable bonds is 9. The highest BCUT2D eigenvalue weighted by molar-refractivity contribution is 7.89. The molecule has 0 aliphatic heterocycles. The Labute approximate surface area is 194 Å². The van der Waals surface area contributed by atoms with Crippen LogP contribution in [0.2, 0.25) is 0 Å². The molecule has 0 bridgehead atoms. The van der Waals surface area contributed by atoms with Gasteiger partial charge in [0, 0.05) is 5.56 Å².